The van der Waals surface area contributed by atoms with Gasteiger partial charge in [-0.15, -0.1) is 0 Å². The van der Waals surface area contributed by atoms with E-state index in [-0.39, 0.29) is 12.2 Å². The zero-order valence-electron chi connectivity index (χ0n) is 14.1. The van der Waals surface area contributed by atoms with Crippen LogP contribution in [0.15, 0.2) is 0 Å². The summed E-state index contributed by atoms with van der Waals surface area (Å²) in [6.07, 6.45) is 7.81. The van der Waals surface area contributed by atoms with Crippen molar-refractivity contribution in [3.63, 3.8) is 0 Å². The molecule has 0 aromatic heterocycles. The van der Waals surface area contributed by atoms with Gasteiger partial charge in [0.05, 0.1) is 12.2 Å². The zero-order valence-corrected chi connectivity index (χ0v) is 14.1. The number of carbonyl (C=O) groups excluding carboxylic acids is 1. The maximum Gasteiger partial charge on any atom is 0.241 e. The summed E-state index contributed by atoms with van der Waals surface area (Å²) in [6, 6.07) is 0.599. The maximum absolute atomic E-state index is 13.1. The lowest BCUT2D eigenvalue weighted by atomic mass is 9.98. The highest BCUT2D eigenvalue weighted by atomic mass is 16.2. The molecular formula is C18H32N2O. The van der Waals surface area contributed by atoms with Crippen LogP contribution < -0.4 is 5.32 Å². The van der Waals surface area contributed by atoms with E-state index >= 15 is 0 Å². The molecule has 3 heteroatoms. The molecule has 1 amide bonds. The van der Waals surface area contributed by atoms with E-state index in [2.05, 4.69) is 37.9 Å². The maximum atomic E-state index is 13.1. The van der Waals surface area contributed by atoms with E-state index in [1.54, 1.807) is 0 Å². The van der Waals surface area contributed by atoms with Crippen molar-refractivity contribution in [2.24, 2.45) is 23.7 Å². The van der Waals surface area contributed by atoms with E-state index in [0.717, 1.165) is 24.7 Å². The lowest BCUT2D eigenvalue weighted by Gasteiger charge is -2.34. The van der Waals surface area contributed by atoms with Gasteiger partial charge >= 0.3 is 0 Å². The van der Waals surface area contributed by atoms with Crippen molar-refractivity contribution < 1.29 is 4.79 Å². The average molecular weight is 292 g/mol. The first-order valence-corrected chi connectivity index (χ1v) is 9.11. The molecule has 1 N–H and O–H groups in total. The van der Waals surface area contributed by atoms with Crippen molar-refractivity contribution >= 4 is 5.91 Å². The smallest absolute Gasteiger partial charge is 0.241 e. The average Bonchev–Trinajstić information content (AvgIpc) is 3.32. The van der Waals surface area contributed by atoms with E-state index in [1.165, 1.54) is 25.7 Å². The fraction of sp³-hybridized carbons (Fsp3) is 0.944. The Kier molecular flexibility index (Phi) is 4.31. The third kappa shape index (κ3) is 3.13. The Morgan fingerprint density at radius 1 is 1.14 bits per heavy atom. The summed E-state index contributed by atoms with van der Waals surface area (Å²) < 4.78 is 0. The molecule has 120 valence electrons. The summed E-state index contributed by atoms with van der Waals surface area (Å²) in [7, 11) is 0. The first-order chi connectivity index (χ1) is 10.0. The standard InChI is InChI=1S/C18H32N2O/c1-5-12(4)16-18(21)20(15(19-16)10-11(2)3)17(13-6-7-13)14-8-9-14/h11-17,19H,5-10H2,1-4H3. The summed E-state index contributed by atoms with van der Waals surface area (Å²) in [5.41, 5.74) is 0. The number of nitrogens with zero attached hydrogens (tertiary/aromatic N) is 1. The number of carbonyl (C=O) groups is 1. The molecular weight excluding hydrogens is 260 g/mol. The molecule has 2 saturated carbocycles. The normalized spacial score (nSPS) is 31.5. The van der Waals surface area contributed by atoms with Gasteiger partial charge in [0, 0.05) is 6.04 Å². The Bertz CT molecular complexity index is 375. The second-order valence-corrected chi connectivity index (χ2v) is 8.09. The second-order valence-electron chi connectivity index (χ2n) is 8.09. The summed E-state index contributed by atoms with van der Waals surface area (Å²) in [5, 5.41) is 3.70. The van der Waals surface area contributed by atoms with Crippen LogP contribution in [0.4, 0.5) is 0 Å². The summed E-state index contributed by atoms with van der Waals surface area (Å²) in [4.78, 5) is 15.4. The highest BCUT2D eigenvalue weighted by Gasteiger charge is 2.52. The molecule has 1 saturated heterocycles. The fourth-order valence-electron chi connectivity index (χ4n) is 4.01. The Labute approximate surface area is 129 Å². The van der Waals surface area contributed by atoms with Crippen molar-refractivity contribution in [2.75, 3.05) is 0 Å². The third-order valence-electron chi connectivity index (χ3n) is 5.67. The van der Waals surface area contributed by atoms with Crippen molar-refractivity contribution in [2.45, 2.75) is 84.5 Å². The molecule has 0 bridgehead atoms. The van der Waals surface area contributed by atoms with Crippen molar-refractivity contribution in [3.05, 3.63) is 0 Å². The van der Waals surface area contributed by atoms with Crippen molar-refractivity contribution in [1.82, 2.24) is 10.2 Å². The van der Waals surface area contributed by atoms with Gasteiger partial charge in [0.25, 0.3) is 0 Å². The molecule has 3 rings (SSSR count). The van der Waals surface area contributed by atoms with Gasteiger partial charge in [-0.25, -0.2) is 0 Å². The minimum Gasteiger partial charge on any atom is -0.322 e. The summed E-state index contributed by atoms with van der Waals surface area (Å²) in [5.74, 6) is 3.07. The fourth-order valence-corrected chi connectivity index (χ4v) is 4.01. The van der Waals surface area contributed by atoms with Gasteiger partial charge in [0.2, 0.25) is 5.91 Å². The Balaban J connectivity index is 1.80. The summed E-state index contributed by atoms with van der Waals surface area (Å²) >= 11 is 0. The van der Waals surface area contributed by atoms with Crippen LogP contribution in [-0.4, -0.2) is 29.1 Å². The van der Waals surface area contributed by atoms with E-state index in [0.29, 0.717) is 23.8 Å². The molecule has 3 nitrogen and oxygen atoms in total. The van der Waals surface area contributed by atoms with E-state index in [4.69, 9.17) is 0 Å². The predicted octanol–water partition coefficient (Wildman–Crippen LogP) is 3.39. The van der Waals surface area contributed by atoms with Crippen LogP contribution >= 0.6 is 0 Å². The highest BCUT2D eigenvalue weighted by Crippen LogP contribution is 2.49. The molecule has 0 radical (unpaired) electrons. The summed E-state index contributed by atoms with van der Waals surface area (Å²) in [6.45, 7) is 8.95. The van der Waals surface area contributed by atoms with Crippen LogP contribution in [-0.2, 0) is 4.79 Å². The number of rotatable bonds is 7. The molecule has 1 heterocycles. The van der Waals surface area contributed by atoms with Gasteiger partial charge in [-0.2, -0.15) is 0 Å². The molecule has 0 spiro atoms. The quantitative estimate of drug-likeness (QED) is 0.780. The first-order valence-electron chi connectivity index (χ1n) is 9.11. The van der Waals surface area contributed by atoms with Crippen LogP contribution in [0.2, 0.25) is 0 Å². The molecule has 0 aromatic carbocycles. The molecule has 2 aliphatic carbocycles. The molecule has 0 aromatic rings. The van der Waals surface area contributed by atoms with Gasteiger partial charge in [-0.1, -0.05) is 34.1 Å². The number of hydrogen-bond acceptors (Lipinski definition) is 2. The van der Waals surface area contributed by atoms with Gasteiger partial charge in [-0.05, 0) is 55.8 Å². The Hall–Kier alpha value is -0.570. The molecule has 21 heavy (non-hydrogen) atoms. The van der Waals surface area contributed by atoms with Crippen molar-refractivity contribution in [1.29, 1.82) is 0 Å². The Morgan fingerprint density at radius 2 is 1.71 bits per heavy atom. The lowest BCUT2D eigenvalue weighted by molar-refractivity contribution is -0.134. The van der Waals surface area contributed by atoms with Crippen LogP contribution in [0.1, 0.15) is 66.2 Å². The number of hydrogen-bond donors (Lipinski definition) is 1. The minimum absolute atomic E-state index is 0.0544. The van der Waals surface area contributed by atoms with E-state index < -0.39 is 0 Å². The zero-order chi connectivity index (χ0) is 15.1. The number of amides is 1. The molecule has 1 aliphatic heterocycles. The van der Waals surface area contributed by atoms with E-state index in [1.807, 2.05) is 0 Å². The molecule has 3 unspecified atom stereocenters. The topological polar surface area (TPSA) is 32.3 Å². The number of nitrogens with one attached hydrogen (secondary N) is 1. The molecule has 3 aliphatic rings. The van der Waals surface area contributed by atoms with Crippen molar-refractivity contribution in [3.8, 4) is 0 Å². The largest absolute Gasteiger partial charge is 0.322 e. The lowest BCUT2D eigenvalue weighted by Crippen LogP contribution is -2.47. The first kappa shape index (κ1) is 15.3. The highest BCUT2D eigenvalue weighted by molar-refractivity contribution is 5.85. The SMILES string of the molecule is CCC(C)C1NC(CC(C)C)N(C(C2CC2)C2CC2)C1=O. The van der Waals surface area contributed by atoms with Gasteiger partial charge in [-0.3, -0.25) is 10.1 Å². The second kappa shape index (κ2) is 5.91. The van der Waals surface area contributed by atoms with Crippen LogP contribution in [0.25, 0.3) is 0 Å². The van der Waals surface area contributed by atoms with Crippen LogP contribution in [0.3, 0.4) is 0 Å². The molecule has 3 fully saturated rings. The van der Waals surface area contributed by atoms with E-state index in [9.17, 15) is 4.79 Å². The van der Waals surface area contributed by atoms with Gasteiger partial charge in [0.1, 0.15) is 0 Å². The third-order valence-corrected chi connectivity index (χ3v) is 5.67. The monoisotopic (exact) mass is 292 g/mol. The minimum atomic E-state index is 0.0544. The predicted molar refractivity (Wildman–Crippen MR) is 85.7 cm³/mol. The van der Waals surface area contributed by atoms with Gasteiger partial charge < -0.3 is 4.90 Å². The van der Waals surface area contributed by atoms with Gasteiger partial charge in [0.15, 0.2) is 0 Å². The molecule has 3 atom stereocenters. The Morgan fingerprint density at radius 3 is 2.14 bits per heavy atom. The van der Waals surface area contributed by atoms with Crippen LogP contribution in [0, 0.1) is 23.7 Å². The van der Waals surface area contributed by atoms with Crippen LogP contribution in [0.5, 0.6) is 0 Å².